The van der Waals surface area contributed by atoms with Crippen molar-refractivity contribution in [2.45, 2.75) is 51.7 Å². The first-order valence-corrected chi connectivity index (χ1v) is 12.9. The lowest BCUT2D eigenvalue weighted by molar-refractivity contribution is 0.0508. The Morgan fingerprint density at radius 1 is 1.08 bits per heavy atom. The van der Waals surface area contributed by atoms with E-state index in [-0.39, 0.29) is 17.7 Å². The number of Topliss-reactive ketones (excluding diaryl/α,β-unsaturated/α-hetero) is 1. The van der Waals surface area contributed by atoms with Gasteiger partial charge in [0.15, 0.2) is 5.78 Å². The van der Waals surface area contributed by atoms with Crippen LogP contribution in [0, 0.1) is 5.92 Å². The molecule has 1 unspecified atom stereocenters. The number of carbonyl (C=O) groups is 2. The van der Waals surface area contributed by atoms with Crippen LogP contribution in [-0.2, 0) is 4.74 Å². The first kappa shape index (κ1) is 24.4. The summed E-state index contributed by atoms with van der Waals surface area (Å²) in [5.41, 5.74) is 2.25. The molecule has 1 amide bonds. The van der Waals surface area contributed by atoms with Gasteiger partial charge in [-0.3, -0.25) is 9.78 Å². The third kappa shape index (κ3) is 5.59. The molecule has 9 nitrogen and oxygen atoms in total. The van der Waals surface area contributed by atoms with Crippen LogP contribution >= 0.6 is 15.9 Å². The Morgan fingerprint density at radius 3 is 2.53 bits per heavy atom. The van der Waals surface area contributed by atoms with Gasteiger partial charge in [-0.2, -0.15) is 0 Å². The SMILES string of the molecule is CC(C)(C)OC(=O)NC1CCN(c2ncc(Nc3c(C(=O)C4CC4)cnc4ccc(Br)cc34)cn2)C1. The molecule has 1 atom stereocenters. The second-order valence-electron chi connectivity index (χ2n) is 10.3. The molecule has 2 aliphatic rings. The number of ether oxygens (including phenoxy) is 1. The van der Waals surface area contributed by atoms with Gasteiger partial charge in [0.2, 0.25) is 5.95 Å². The van der Waals surface area contributed by atoms with Crippen molar-refractivity contribution in [2.24, 2.45) is 5.92 Å². The number of nitrogens with one attached hydrogen (secondary N) is 2. The Kier molecular flexibility index (Phi) is 6.55. The summed E-state index contributed by atoms with van der Waals surface area (Å²) in [4.78, 5) is 40.7. The minimum atomic E-state index is -0.534. The van der Waals surface area contributed by atoms with Crippen LogP contribution in [0.15, 0.2) is 41.3 Å². The number of aromatic nitrogens is 3. The second-order valence-corrected chi connectivity index (χ2v) is 11.2. The van der Waals surface area contributed by atoms with E-state index >= 15 is 0 Å². The number of alkyl carbamates (subject to hydrolysis) is 1. The molecule has 1 aliphatic carbocycles. The van der Waals surface area contributed by atoms with E-state index in [4.69, 9.17) is 4.74 Å². The maximum atomic E-state index is 13.0. The number of benzene rings is 1. The van der Waals surface area contributed by atoms with Crippen molar-refractivity contribution >= 4 is 56.0 Å². The normalized spacial score (nSPS) is 17.8. The van der Waals surface area contributed by atoms with Crippen molar-refractivity contribution in [3.8, 4) is 0 Å². The predicted molar refractivity (Wildman–Crippen MR) is 142 cm³/mol. The van der Waals surface area contributed by atoms with E-state index in [0.717, 1.165) is 46.9 Å². The first-order valence-electron chi connectivity index (χ1n) is 12.1. The molecule has 188 valence electrons. The number of hydrogen-bond donors (Lipinski definition) is 2. The van der Waals surface area contributed by atoms with E-state index in [2.05, 4.69) is 41.5 Å². The molecule has 0 spiro atoms. The highest BCUT2D eigenvalue weighted by molar-refractivity contribution is 9.10. The summed E-state index contributed by atoms with van der Waals surface area (Å²) in [6.07, 6.45) is 7.31. The van der Waals surface area contributed by atoms with Crippen molar-refractivity contribution in [1.29, 1.82) is 0 Å². The van der Waals surface area contributed by atoms with Crippen LogP contribution in [0.2, 0.25) is 0 Å². The number of amides is 1. The largest absolute Gasteiger partial charge is 0.444 e. The van der Waals surface area contributed by atoms with Crippen LogP contribution in [0.3, 0.4) is 0 Å². The van der Waals surface area contributed by atoms with Crippen molar-refractivity contribution in [3.63, 3.8) is 0 Å². The average Bonchev–Trinajstić information content (AvgIpc) is 3.57. The molecule has 1 saturated carbocycles. The van der Waals surface area contributed by atoms with Crippen molar-refractivity contribution in [3.05, 3.63) is 46.8 Å². The standard InChI is InChI=1S/C26H29BrN6O3/c1-26(2,3)36-25(35)32-17-8-9-33(14-17)24-29-11-18(12-30-24)31-22-19-10-16(27)6-7-21(19)28-13-20(22)23(34)15-4-5-15/h6-7,10-13,15,17H,4-5,8-9,14H2,1-3H3,(H,28,31)(H,32,35). The van der Waals surface area contributed by atoms with Gasteiger partial charge in [0.25, 0.3) is 0 Å². The van der Waals surface area contributed by atoms with Crippen LogP contribution in [0.4, 0.5) is 22.1 Å². The third-order valence-corrected chi connectivity index (χ3v) is 6.64. The van der Waals surface area contributed by atoms with E-state index in [9.17, 15) is 9.59 Å². The zero-order chi connectivity index (χ0) is 25.4. The Bertz CT molecular complexity index is 1300. The Labute approximate surface area is 218 Å². The van der Waals surface area contributed by atoms with E-state index < -0.39 is 11.7 Å². The number of nitrogens with zero attached hydrogens (tertiary/aromatic N) is 4. The lowest BCUT2D eigenvalue weighted by Gasteiger charge is -2.22. The van der Waals surface area contributed by atoms with Crippen LogP contribution < -0.4 is 15.5 Å². The molecule has 2 N–H and O–H groups in total. The van der Waals surface area contributed by atoms with Gasteiger partial charge < -0.3 is 20.3 Å². The zero-order valence-electron chi connectivity index (χ0n) is 20.5. The zero-order valence-corrected chi connectivity index (χ0v) is 22.1. The summed E-state index contributed by atoms with van der Waals surface area (Å²) in [5.74, 6) is 0.781. The van der Waals surface area contributed by atoms with Gasteiger partial charge in [-0.1, -0.05) is 15.9 Å². The van der Waals surface area contributed by atoms with Gasteiger partial charge >= 0.3 is 6.09 Å². The van der Waals surface area contributed by atoms with Crippen molar-refractivity contribution in [1.82, 2.24) is 20.3 Å². The molecule has 10 heteroatoms. The highest BCUT2D eigenvalue weighted by atomic mass is 79.9. The smallest absolute Gasteiger partial charge is 0.407 e. The fourth-order valence-corrected chi connectivity index (χ4v) is 4.64. The Balaban J connectivity index is 1.31. The highest BCUT2D eigenvalue weighted by Gasteiger charge is 2.33. The molecule has 36 heavy (non-hydrogen) atoms. The predicted octanol–water partition coefficient (Wildman–Crippen LogP) is 5.23. The van der Waals surface area contributed by atoms with Crippen LogP contribution in [-0.4, -0.2) is 51.6 Å². The summed E-state index contributed by atoms with van der Waals surface area (Å²) < 4.78 is 6.26. The van der Waals surface area contributed by atoms with Crippen molar-refractivity contribution < 1.29 is 14.3 Å². The maximum Gasteiger partial charge on any atom is 0.407 e. The maximum absolute atomic E-state index is 13.0. The van der Waals surface area contributed by atoms with Crippen LogP contribution in [0.5, 0.6) is 0 Å². The van der Waals surface area contributed by atoms with Crippen molar-refractivity contribution in [2.75, 3.05) is 23.3 Å². The number of rotatable bonds is 6. The van der Waals surface area contributed by atoms with Gasteiger partial charge in [-0.25, -0.2) is 14.8 Å². The molecule has 3 heterocycles. The minimum Gasteiger partial charge on any atom is -0.444 e. The summed E-state index contributed by atoms with van der Waals surface area (Å²) in [7, 11) is 0. The number of halogens is 1. The van der Waals surface area contributed by atoms with Crippen LogP contribution in [0.25, 0.3) is 10.9 Å². The second kappa shape index (κ2) is 9.65. The fraction of sp³-hybridized carbons (Fsp3) is 0.423. The summed E-state index contributed by atoms with van der Waals surface area (Å²) >= 11 is 3.53. The lowest BCUT2D eigenvalue weighted by atomic mass is 10.0. The Morgan fingerprint density at radius 2 is 1.83 bits per heavy atom. The number of pyridine rings is 1. The monoisotopic (exact) mass is 552 g/mol. The van der Waals surface area contributed by atoms with Gasteiger partial charge in [0.05, 0.1) is 40.9 Å². The molecular formula is C26H29BrN6O3. The number of carbonyl (C=O) groups excluding carboxylic acids is 2. The summed E-state index contributed by atoms with van der Waals surface area (Å²) in [6, 6.07) is 5.79. The molecule has 5 rings (SSSR count). The number of fused-ring (bicyclic) bond motifs is 1. The van der Waals surface area contributed by atoms with E-state index in [1.54, 1.807) is 18.6 Å². The quantitative estimate of drug-likeness (QED) is 0.400. The third-order valence-electron chi connectivity index (χ3n) is 6.14. The van der Waals surface area contributed by atoms with Gasteiger partial charge in [-0.15, -0.1) is 0 Å². The minimum absolute atomic E-state index is 0.0288. The van der Waals surface area contributed by atoms with Gasteiger partial charge in [0, 0.05) is 35.1 Å². The number of ketones is 1. The molecular weight excluding hydrogens is 524 g/mol. The van der Waals surface area contributed by atoms with Crippen LogP contribution in [0.1, 0.15) is 50.4 Å². The van der Waals surface area contributed by atoms with Gasteiger partial charge in [0.1, 0.15) is 5.60 Å². The molecule has 1 aromatic carbocycles. The molecule has 2 fully saturated rings. The highest BCUT2D eigenvalue weighted by Crippen LogP contribution is 2.38. The summed E-state index contributed by atoms with van der Waals surface area (Å²) in [6.45, 7) is 6.87. The average molecular weight is 553 g/mol. The molecule has 1 saturated heterocycles. The Hall–Kier alpha value is -3.27. The lowest BCUT2D eigenvalue weighted by Crippen LogP contribution is -2.40. The molecule has 0 bridgehead atoms. The first-order chi connectivity index (χ1) is 17.2. The van der Waals surface area contributed by atoms with E-state index in [1.165, 1.54) is 0 Å². The number of hydrogen-bond acceptors (Lipinski definition) is 8. The number of anilines is 3. The van der Waals surface area contributed by atoms with Gasteiger partial charge in [-0.05, 0) is 58.2 Å². The molecule has 3 aromatic rings. The fourth-order valence-electron chi connectivity index (χ4n) is 4.28. The molecule has 2 aromatic heterocycles. The molecule has 1 aliphatic heterocycles. The topological polar surface area (TPSA) is 109 Å². The summed E-state index contributed by atoms with van der Waals surface area (Å²) in [5, 5.41) is 7.16. The molecule has 0 radical (unpaired) electrons. The van der Waals surface area contributed by atoms with E-state index in [0.29, 0.717) is 23.7 Å². The van der Waals surface area contributed by atoms with E-state index in [1.807, 2.05) is 43.9 Å².